The summed E-state index contributed by atoms with van der Waals surface area (Å²) in [6.07, 6.45) is 2.02. The van der Waals surface area contributed by atoms with Crippen LogP contribution in [0.1, 0.15) is 0 Å². The molecule has 1 aromatic heterocycles. The van der Waals surface area contributed by atoms with E-state index in [1.807, 2.05) is 30.5 Å². The fraction of sp³-hybridized carbons (Fsp3) is 0.182. The fourth-order valence-electron chi connectivity index (χ4n) is 1.38. The number of benzene rings is 1. The number of fused-ring (bicyclic) bond motifs is 1. The zero-order chi connectivity index (χ0) is 9.97. The third-order valence-corrected chi connectivity index (χ3v) is 2.73. The maximum atomic E-state index is 5.26. The molecule has 0 aliphatic carbocycles. The molecular formula is C11H11NOS. The first-order valence-electron chi connectivity index (χ1n) is 4.33. The molecule has 0 unspecified atom stereocenters. The second-order valence-corrected chi connectivity index (χ2v) is 3.71. The van der Waals surface area contributed by atoms with E-state index in [1.165, 1.54) is 0 Å². The van der Waals surface area contributed by atoms with Crippen molar-refractivity contribution in [1.29, 1.82) is 0 Å². The Kier molecular flexibility index (Phi) is 2.59. The van der Waals surface area contributed by atoms with Gasteiger partial charge < -0.3 is 4.74 Å². The van der Waals surface area contributed by atoms with Crippen molar-refractivity contribution in [1.82, 2.24) is 4.98 Å². The van der Waals surface area contributed by atoms with Gasteiger partial charge in [0.2, 0.25) is 0 Å². The minimum atomic E-state index is 0.832. The topological polar surface area (TPSA) is 22.1 Å². The normalized spacial score (nSPS) is 10.4. The first-order valence-corrected chi connectivity index (χ1v) is 5.55. The van der Waals surface area contributed by atoms with Gasteiger partial charge in [0, 0.05) is 5.39 Å². The Hall–Kier alpha value is -1.22. The summed E-state index contributed by atoms with van der Waals surface area (Å²) in [6, 6.07) is 10.0. The van der Waals surface area contributed by atoms with Crippen molar-refractivity contribution in [3.8, 4) is 5.75 Å². The van der Waals surface area contributed by atoms with Crippen LogP contribution in [0.25, 0.3) is 10.9 Å². The van der Waals surface area contributed by atoms with E-state index in [0.29, 0.717) is 0 Å². The van der Waals surface area contributed by atoms with Crippen LogP contribution in [-0.2, 0) is 0 Å². The molecule has 2 rings (SSSR count). The van der Waals surface area contributed by atoms with Gasteiger partial charge >= 0.3 is 0 Å². The van der Waals surface area contributed by atoms with Crippen LogP contribution in [0.3, 0.4) is 0 Å². The quantitative estimate of drug-likeness (QED) is 0.704. The smallest absolute Gasteiger partial charge is 0.145 e. The Labute approximate surface area is 87.3 Å². The summed E-state index contributed by atoms with van der Waals surface area (Å²) >= 11 is 1.64. The molecule has 0 saturated heterocycles. The number of rotatable bonds is 2. The highest BCUT2D eigenvalue weighted by molar-refractivity contribution is 7.98. The second kappa shape index (κ2) is 3.88. The molecule has 0 spiro atoms. The molecule has 1 aromatic carbocycles. The summed E-state index contributed by atoms with van der Waals surface area (Å²) in [7, 11) is 1.67. The lowest BCUT2D eigenvalue weighted by atomic mass is 10.2. The third-order valence-electron chi connectivity index (χ3n) is 2.09. The first-order chi connectivity index (χ1) is 6.85. The summed E-state index contributed by atoms with van der Waals surface area (Å²) in [5, 5.41) is 2.13. The van der Waals surface area contributed by atoms with Crippen LogP contribution >= 0.6 is 11.8 Å². The molecule has 0 aliphatic rings. The van der Waals surface area contributed by atoms with Crippen LogP contribution in [-0.4, -0.2) is 18.3 Å². The van der Waals surface area contributed by atoms with Crippen LogP contribution in [0.4, 0.5) is 0 Å². The monoisotopic (exact) mass is 205 g/mol. The number of para-hydroxylation sites is 1. The maximum Gasteiger partial charge on any atom is 0.145 e. The molecule has 2 aromatic rings. The Balaban J connectivity index is 2.70. The summed E-state index contributed by atoms with van der Waals surface area (Å²) in [5.74, 6) is 0.832. The number of nitrogens with zero attached hydrogens (tertiary/aromatic N) is 1. The van der Waals surface area contributed by atoms with Crippen LogP contribution in [0, 0.1) is 0 Å². The summed E-state index contributed by atoms with van der Waals surface area (Å²) in [4.78, 5) is 4.50. The van der Waals surface area contributed by atoms with Gasteiger partial charge in [0.15, 0.2) is 0 Å². The van der Waals surface area contributed by atoms with Gasteiger partial charge in [0.05, 0.1) is 12.1 Å². The van der Waals surface area contributed by atoms with Crippen LogP contribution in [0.15, 0.2) is 35.4 Å². The molecule has 0 bridgehead atoms. The number of methoxy groups -OCH3 is 1. The van der Waals surface area contributed by atoms with E-state index in [9.17, 15) is 0 Å². The molecule has 72 valence electrons. The Morgan fingerprint density at radius 2 is 2.07 bits per heavy atom. The van der Waals surface area contributed by atoms with Crippen molar-refractivity contribution in [2.75, 3.05) is 13.4 Å². The highest BCUT2D eigenvalue weighted by atomic mass is 32.2. The average Bonchev–Trinajstić information content (AvgIpc) is 2.27. The molecule has 14 heavy (non-hydrogen) atoms. The van der Waals surface area contributed by atoms with Gasteiger partial charge in [-0.15, -0.1) is 11.8 Å². The van der Waals surface area contributed by atoms with Gasteiger partial charge in [-0.1, -0.05) is 12.1 Å². The minimum Gasteiger partial charge on any atom is -0.494 e. The van der Waals surface area contributed by atoms with E-state index in [4.69, 9.17) is 4.74 Å². The predicted molar refractivity (Wildman–Crippen MR) is 60.1 cm³/mol. The van der Waals surface area contributed by atoms with Crippen LogP contribution in [0.2, 0.25) is 0 Å². The molecule has 2 nitrogen and oxygen atoms in total. The van der Waals surface area contributed by atoms with Gasteiger partial charge in [-0.3, -0.25) is 0 Å². The lowest BCUT2D eigenvalue weighted by molar-refractivity contribution is 0.418. The third kappa shape index (κ3) is 1.55. The number of hydrogen-bond acceptors (Lipinski definition) is 3. The molecule has 0 fully saturated rings. The summed E-state index contributed by atoms with van der Waals surface area (Å²) in [6.45, 7) is 0. The summed E-state index contributed by atoms with van der Waals surface area (Å²) in [5.41, 5.74) is 0.932. The maximum absolute atomic E-state index is 5.26. The first kappa shape index (κ1) is 9.34. The van der Waals surface area contributed by atoms with Gasteiger partial charge in [0.1, 0.15) is 11.3 Å². The van der Waals surface area contributed by atoms with Crippen molar-refractivity contribution in [2.45, 2.75) is 5.03 Å². The molecule has 0 N–H and O–H groups in total. The van der Waals surface area contributed by atoms with Gasteiger partial charge in [0.25, 0.3) is 0 Å². The van der Waals surface area contributed by atoms with E-state index in [-0.39, 0.29) is 0 Å². The van der Waals surface area contributed by atoms with Gasteiger partial charge in [-0.05, 0) is 24.5 Å². The number of pyridine rings is 1. The van der Waals surface area contributed by atoms with Crippen molar-refractivity contribution in [3.63, 3.8) is 0 Å². The number of ether oxygens (including phenoxy) is 1. The number of thioether (sulfide) groups is 1. The lowest BCUT2D eigenvalue weighted by Gasteiger charge is -2.05. The lowest BCUT2D eigenvalue weighted by Crippen LogP contribution is -1.88. The zero-order valence-corrected chi connectivity index (χ0v) is 8.97. The second-order valence-electron chi connectivity index (χ2n) is 2.89. The minimum absolute atomic E-state index is 0.832. The largest absolute Gasteiger partial charge is 0.494 e. The van der Waals surface area contributed by atoms with Crippen molar-refractivity contribution < 1.29 is 4.74 Å². The van der Waals surface area contributed by atoms with E-state index in [1.54, 1.807) is 18.9 Å². The van der Waals surface area contributed by atoms with Crippen LogP contribution in [0.5, 0.6) is 5.75 Å². The van der Waals surface area contributed by atoms with E-state index in [2.05, 4.69) is 11.1 Å². The van der Waals surface area contributed by atoms with Crippen molar-refractivity contribution >= 4 is 22.7 Å². The molecule has 0 atom stereocenters. The number of hydrogen-bond donors (Lipinski definition) is 0. The highest BCUT2D eigenvalue weighted by Gasteiger charge is 2.02. The van der Waals surface area contributed by atoms with Gasteiger partial charge in [-0.25, -0.2) is 4.98 Å². The summed E-state index contributed by atoms with van der Waals surface area (Å²) < 4.78 is 5.26. The van der Waals surface area contributed by atoms with E-state index >= 15 is 0 Å². The number of aromatic nitrogens is 1. The van der Waals surface area contributed by atoms with Crippen LogP contribution < -0.4 is 4.74 Å². The van der Waals surface area contributed by atoms with E-state index in [0.717, 1.165) is 21.7 Å². The standard InChI is InChI=1S/C11H11NOS/c1-13-9-5-3-4-8-6-7-10(14-2)12-11(8)9/h3-7H,1-2H3. The van der Waals surface area contributed by atoms with Crippen molar-refractivity contribution in [2.24, 2.45) is 0 Å². The van der Waals surface area contributed by atoms with E-state index < -0.39 is 0 Å². The SMILES string of the molecule is COc1cccc2ccc(SC)nc12. The molecule has 0 radical (unpaired) electrons. The molecule has 0 saturated carbocycles. The van der Waals surface area contributed by atoms with Gasteiger partial charge in [-0.2, -0.15) is 0 Å². The molecular weight excluding hydrogens is 194 g/mol. The highest BCUT2D eigenvalue weighted by Crippen LogP contribution is 2.25. The predicted octanol–water partition coefficient (Wildman–Crippen LogP) is 2.97. The molecule has 1 heterocycles. The Morgan fingerprint density at radius 1 is 1.21 bits per heavy atom. The average molecular weight is 205 g/mol. The molecule has 0 amide bonds. The molecule has 0 aliphatic heterocycles. The fourth-order valence-corrected chi connectivity index (χ4v) is 1.77. The van der Waals surface area contributed by atoms with Crippen molar-refractivity contribution in [3.05, 3.63) is 30.3 Å². The Morgan fingerprint density at radius 3 is 2.79 bits per heavy atom. The molecule has 3 heteroatoms. The Bertz CT molecular complexity index is 456. The zero-order valence-electron chi connectivity index (χ0n) is 8.15.